The summed E-state index contributed by atoms with van der Waals surface area (Å²) < 4.78 is 11.0. The molecule has 1 aromatic rings. The minimum absolute atomic E-state index is 0.334. The number of fused-ring (bicyclic) bond motifs is 1. The van der Waals surface area contributed by atoms with E-state index in [2.05, 4.69) is 30.0 Å². The Balaban J connectivity index is 1.82. The number of carbonyl (C=O) groups is 1. The van der Waals surface area contributed by atoms with Crippen molar-refractivity contribution in [3.8, 4) is 11.5 Å². The highest BCUT2D eigenvalue weighted by Crippen LogP contribution is 2.38. The molecule has 136 valence electrons. The molecule has 0 atom stereocenters. The van der Waals surface area contributed by atoms with Gasteiger partial charge < -0.3 is 14.8 Å². The number of rotatable bonds is 5. The molecule has 1 aliphatic heterocycles. The van der Waals surface area contributed by atoms with Gasteiger partial charge in [0.15, 0.2) is 16.6 Å². The van der Waals surface area contributed by atoms with Crippen molar-refractivity contribution >= 4 is 40.9 Å². The van der Waals surface area contributed by atoms with Crippen LogP contribution in [0.2, 0.25) is 5.02 Å². The summed E-state index contributed by atoms with van der Waals surface area (Å²) in [6.45, 7) is 5.97. The normalized spacial score (nSPS) is 13.0. The van der Waals surface area contributed by atoms with Crippen LogP contribution in [0.3, 0.4) is 0 Å². The van der Waals surface area contributed by atoms with Crippen molar-refractivity contribution in [2.75, 3.05) is 19.8 Å². The molecule has 1 aromatic carbocycles. The zero-order valence-corrected chi connectivity index (χ0v) is 15.8. The molecule has 8 heteroatoms. The van der Waals surface area contributed by atoms with Crippen molar-refractivity contribution in [3.63, 3.8) is 0 Å². The molecule has 1 aliphatic rings. The summed E-state index contributed by atoms with van der Waals surface area (Å²) in [6, 6.07) is 3.49. The first-order valence-electron chi connectivity index (χ1n) is 8.06. The molecule has 1 amide bonds. The van der Waals surface area contributed by atoms with Crippen molar-refractivity contribution in [2.24, 2.45) is 5.92 Å². The van der Waals surface area contributed by atoms with E-state index < -0.39 is 0 Å². The molecular weight excluding hydrogens is 362 g/mol. The SMILES string of the molecule is CC(C)CCNC(=S)NNC(=O)/C=C/c1cc(Cl)c2c(c1)OCCO2. The van der Waals surface area contributed by atoms with Gasteiger partial charge in [0.05, 0.1) is 5.02 Å². The molecule has 25 heavy (non-hydrogen) atoms. The van der Waals surface area contributed by atoms with Gasteiger partial charge in [0, 0.05) is 12.6 Å². The maximum Gasteiger partial charge on any atom is 0.262 e. The molecule has 0 spiro atoms. The molecule has 0 unspecified atom stereocenters. The topological polar surface area (TPSA) is 71.6 Å². The molecule has 0 fully saturated rings. The third-order valence-corrected chi connectivity index (χ3v) is 3.88. The summed E-state index contributed by atoms with van der Waals surface area (Å²) >= 11 is 11.2. The van der Waals surface area contributed by atoms with E-state index in [0.717, 1.165) is 18.5 Å². The van der Waals surface area contributed by atoms with Crippen LogP contribution in [0.1, 0.15) is 25.8 Å². The van der Waals surface area contributed by atoms with E-state index in [9.17, 15) is 4.79 Å². The Morgan fingerprint density at radius 2 is 2.08 bits per heavy atom. The van der Waals surface area contributed by atoms with Gasteiger partial charge in [0.25, 0.3) is 5.91 Å². The number of ether oxygens (including phenoxy) is 2. The number of nitrogens with one attached hydrogen (secondary N) is 3. The standard InChI is InChI=1S/C17H22ClN3O3S/c1-11(2)5-6-19-17(25)21-20-15(22)4-3-12-9-13(18)16-14(10-12)23-7-8-24-16/h3-4,9-11H,5-8H2,1-2H3,(H,20,22)(H2,19,21,25)/b4-3+. The number of halogens is 1. The highest BCUT2D eigenvalue weighted by Gasteiger charge is 2.15. The average molecular weight is 384 g/mol. The maximum atomic E-state index is 11.8. The van der Waals surface area contributed by atoms with Gasteiger partial charge in [-0.25, -0.2) is 0 Å². The number of amides is 1. The molecule has 0 aromatic heterocycles. The van der Waals surface area contributed by atoms with E-state index >= 15 is 0 Å². The minimum atomic E-state index is -0.334. The molecule has 3 N–H and O–H groups in total. The van der Waals surface area contributed by atoms with Crippen molar-refractivity contribution < 1.29 is 14.3 Å². The summed E-state index contributed by atoms with van der Waals surface area (Å²) in [7, 11) is 0. The molecule has 0 radical (unpaired) electrons. The van der Waals surface area contributed by atoms with E-state index in [-0.39, 0.29) is 5.91 Å². The second-order valence-corrected chi connectivity index (χ2v) is 6.73. The lowest BCUT2D eigenvalue weighted by Crippen LogP contribution is -2.46. The second kappa shape index (κ2) is 9.48. The van der Waals surface area contributed by atoms with Crippen molar-refractivity contribution in [1.29, 1.82) is 0 Å². The Morgan fingerprint density at radius 3 is 2.84 bits per heavy atom. The summed E-state index contributed by atoms with van der Waals surface area (Å²) in [5, 5.41) is 3.85. The Labute approximate surface area is 157 Å². The van der Waals surface area contributed by atoms with Gasteiger partial charge in [-0.1, -0.05) is 25.4 Å². The number of benzene rings is 1. The van der Waals surface area contributed by atoms with Crippen LogP contribution in [0.15, 0.2) is 18.2 Å². The molecule has 0 saturated carbocycles. The van der Waals surface area contributed by atoms with Crippen molar-refractivity contribution in [1.82, 2.24) is 16.2 Å². The van der Waals surface area contributed by atoms with Crippen molar-refractivity contribution in [2.45, 2.75) is 20.3 Å². The number of hydrogen-bond donors (Lipinski definition) is 3. The van der Waals surface area contributed by atoms with Crippen LogP contribution in [-0.4, -0.2) is 30.8 Å². The van der Waals surface area contributed by atoms with Gasteiger partial charge in [0.2, 0.25) is 0 Å². The number of thiocarbonyl (C=S) groups is 1. The van der Waals surface area contributed by atoms with Crippen LogP contribution in [-0.2, 0) is 4.79 Å². The van der Waals surface area contributed by atoms with Crippen LogP contribution in [0, 0.1) is 5.92 Å². The van der Waals surface area contributed by atoms with Crippen LogP contribution >= 0.6 is 23.8 Å². The molecule has 2 rings (SSSR count). The summed E-state index contributed by atoms with van der Waals surface area (Å²) in [6.07, 6.45) is 4.02. The monoisotopic (exact) mass is 383 g/mol. The average Bonchev–Trinajstić information content (AvgIpc) is 2.58. The first-order valence-corrected chi connectivity index (χ1v) is 8.85. The smallest absolute Gasteiger partial charge is 0.262 e. The van der Waals surface area contributed by atoms with Gasteiger partial charge in [-0.15, -0.1) is 0 Å². The predicted molar refractivity (Wildman–Crippen MR) is 103 cm³/mol. The van der Waals surface area contributed by atoms with Gasteiger partial charge in [-0.2, -0.15) is 0 Å². The third-order valence-electron chi connectivity index (χ3n) is 3.35. The lowest BCUT2D eigenvalue weighted by Gasteiger charge is -2.19. The first-order chi connectivity index (χ1) is 12.0. The Morgan fingerprint density at radius 1 is 1.32 bits per heavy atom. The fourth-order valence-electron chi connectivity index (χ4n) is 2.08. The van der Waals surface area contributed by atoms with E-state index in [1.807, 2.05) is 0 Å². The molecule has 1 heterocycles. The van der Waals surface area contributed by atoms with Crippen molar-refractivity contribution in [3.05, 3.63) is 28.8 Å². The quantitative estimate of drug-likeness (QED) is 0.412. The highest BCUT2D eigenvalue weighted by atomic mass is 35.5. The molecular formula is C17H22ClN3O3S. The van der Waals surface area contributed by atoms with Gasteiger partial charge in [-0.3, -0.25) is 15.6 Å². The zero-order chi connectivity index (χ0) is 18.2. The van der Waals surface area contributed by atoms with Crippen LogP contribution in [0.5, 0.6) is 11.5 Å². The fourth-order valence-corrected chi connectivity index (χ4v) is 2.50. The van der Waals surface area contributed by atoms with Crippen LogP contribution in [0.4, 0.5) is 0 Å². The molecule has 0 bridgehead atoms. The number of hydrazine groups is 1. The summed E-state index contributed by atoms with van der Waals surface area (Å²) in [5.74, 6) is 1.37. The summed E-state index contributed by atoms with van der Waals surface area (Å²) in [5.41, 5.74) is 5.89. The highest BCUT2D eigenvalue weighted by molar-refractivity contribution is 7.80. The summed E-state index contributed by atoms with van der Waals surface area (Å²) in [4.78, 5) is 11.8. The van der Waals surface area contributed by atoms with Gasteiger partial charge in [-0.05, 0) is 48.3 Å². The van der Waals surface area contributed by atoms with Crippen LogP contribution < -0.4 is 25.6 Å². The van der Waals surface area contributed by atoms with E-state index in [1.165, 1.54) is 6.08 Å². The van der Waals surface area contributed by atoms with Crippen LogP contribution in [0.25, 0.3) is 6.08 Å². The Bertz CT molecular complexity index is 665. The predicted octanol–water partition coefficient (Wildman–Crippen LogP) is 2.67. The zero-order valence-electron chi connectivity index (χ0n) is 14.2. The maximum absolute atomic E-state index is 11.8. The Kier molecular flexibility index (Phi) is 7.33. The van der Waals surface area contributed by atoms with E-state index in [0.29, 0.717) is 40.8 Å². The first kappa shape index (κ1) is 19.3. The minimum Gasteiger partial charge on any atom is -0.486 e. The molecule has 0 saturated heterocycles. The number of carbonyl (C=O) groups excluding carboxylic acids is 1. The number of hydrogen-bond acceptors (Lipinski definition) is 4. The lowest BCUT2D eigenvalue weighted by atomic mass is 10.1. The van der Waals surface area contributed by atoms with Gasteiger partial charge >= 0.3 is 0 Å². The molecule has 6 nitrogen and oxygen atoms in total. The Hall–Kier alpha value is -1.99. The lowest BCUT2D eigenvalue weighted by molar-refractivity contribution is -0.116. The molecule has 0 aliphatic carbocycles. The second-order valence-electron chi connectivity index (χ2n) is 5.91. The van der Waals surface area contributed by atoms with Gasteiger partial charge in [0.1, 0.15) is 13.2 Å². The van der Waals surface area contributed by atoms with E-state index in [4.69, 9.17) is 33.3 Å². The van der Waals surface area contributed by atoms with E-state index in [1.54, 1.807) is 18.2 Å². The third kappa shape index (κ3) is 6.43. The fraction of sp³-hybridized carbons (Fsp3) is 0.412. The largest absolute Gasteiger partial charge is 0.486 e.